The van der Waals surface area contributed by atoms with Gasteiger partial charge in [-0.05, 0) is 61.0 Å². The Morgan fingerprint density at radius 3 is 2.28 bits per heavy atom. The summed E-state index contributed by atoms with van der Waals surface area (Å²) in [6.07, 6.45) is 1.64. The van der Waals surface area contributed by atoms with Gasteiger partial charge in [0.15, 0.2) is 0 Å². The van der Waals surface area contributed by atoms with Gasteiger partial charge in [-0.25, -0.2) is 8.42 Å². The monoisotopic (exact) mass is 548 g/mol. The van der Waals surface area contributed by atoms with E-state index in [2.05, 4.69) is 10.3 Å². The van der Waals surface area contributed by atoms with Crippen molar-refractivity contribution in [3.8, 4) is 5.75 Å². The van der Waals surface area contributed by atoms with Gasteiger partial charge in [0.1, 0.15) is 5.75 Å². The number of rotatable bonds is 10. The fourth-order valence-electron chi connectivity index (χ4n) is 5.12. The first kappa shape index (κ1) is 26.8. The highest BCUT2D eigenvalue weighted by Gasteiger charge is 2.57. The van der Waals surface area contributed by atoms with E-state index in [0.29, 0.717) is 48.5 Å². The number of aromatic nitrogens is 1. The van der Waals surface area contributed by atoms with Gasteiger partial charge in [-0.15, -0.1) is 0 Å². The number of hydrogen-bond donors (Lipinski definition) is 1. The van der Waals surface area contributed by atoms with Crippen LogP contribution in [0.15, 0.2) is 77.8 Å². The lowest BCUT2D eigenvalue weighted by atomic mass is 10.1. The Bertz CT molecular complexity index is 1420. The molecule has 2 amide bonds. The number of amides is 2. The zero-order chi connectivity index (χ0) is 27.6. The number of piperidine rings is 1. The van der Waals surface area contributed by atoms with Gasteiger partial charge in [-0.3, -0.25) is 14.6 Å². The summed E-state index contributed by atoms with van der Waals surface area (Å²) in [5, 5.41) is 3.08. The molecule has 1 N–H and O–H groups in total. The summed E-state index contributed by atoms with van der Waals surface area (Å²) in [6.45, 7) is 5.53. The van der Waals surface area contributed by atoms with Crippen LogP contribution in [0.25, 0.3) is 0 Å². The SMILES string of the molecule is CCOc1ccc(S(=O)(=O)N(Cc2ccc(C(=O)N[C@H]3[C@@H]4CN(C(C)=O)C[C@@H]43)cc2)Cc2ccccn2)cc1. The smallest absolute Gasteiger partial charge is 0.251 e. The molecule has 1 saturated carbocycles. The van der Waals surface area contributed by atoms with E-state index in [9.17, 15) is 18.0 Å². The summed E-state index contributed by atoms with van der Waals surface area (Å²) in [7, 11) is -3.85. The minimum absolute atomic E-state index is 0.0736. The van der Waals surface area contributed by atoms with Gasteiger partial charge in [-0.1, -0.05) is 18.2 Å². The molecule has 2 fully saturated rings. The number of fused-ring (bicyclic) bond motifs is 1. The number of nitrogens with one attached hydrogen (secondary N) is 1. The third kappa shape index (κ3) is 5.97. The number of benzene rings is 2. The van der Waals surface area contributed by atoms with Gasteiger partial charge in [0.2, 0.25) is 15.9 Å². The highest BCUT2D eigenvalue weighted by molar-refractivity contribution is 7.89. The van der Waals surface area contributed by atoms with Crippen LogP contribution in [0.2, 0.25) is 0 Å². The van der Waals surface area contributed by atoms with Gasteiger partial charge in [0.25, 0.3) is 5.91 Å². The number of ether oxygens (including phenoxy) is 1. The summed E-state index contributed by atoms with van der Waals surface area (Å²) in [4.78, 5) is 30.7. The van der Waals surface area contributed by atoms with Crippen molar-refractivity contribution >= 4 is 21.8 Å². The predicted molar refractivity (Wildman–Crippen MR) is 145 cm³/mol. The molecule has 3 atom stereocenters. The molecule has 1 saturated heterocycles. The summed E-state index contributed by atoms with van der Waals surface area (Å²) >= 11 is 0. The lowest BCUT2D eigenvalue weighted by Crippen LogP contribution is -2.36. The molecule has 0 spiro atoms. The lowest BCUT2D eigenvalue weighted by Gasteiger charge is -2.22. The lowest BCUT2D eigenvalue weighted by molar-refractivity contribution is -0.128. The Kier molecular flexibility index (Phi) is 7.67. The zero-order valence-electron chi connectivity index (χ0n) is 22.0. The standard InChI is InChI=1S/C29H32N4O5S/c1-3-38-24-11-13-25(14-12-24)39(36,37)33(17-23-6-4-5-15-30-23)16-21-7-9-22(10-8-21)29(35)31-28-26-18-32(20(2)34)19-27(26)28/h4-15,26-28H,3,16-19H2,1-2H3,(H,31,35)/t26-,27+,28+. The van der Waals surface area contributed by atoms with E-state index in [-0.39, 0.29) is 35.8 Å². The van der Waals surface area contributed by atoms with E-state index >= 15 is 0 Å². The van der Waals surface area contributed by atoms with E-state index in [0.717, 1.165) is 5.56 Å². The molecule has 2 aromatic carbocycles. The first-order valence-corrected chi connectivity index (χ1v) is 14.5. The van der Waals surface area contributed by atoms with Crippen LogP contribution in [0.4, 0.5) is 0 Å². The molecule has 9 nitrogen and oxygen atoms in total. The highest BCUT2D eigenvalue weighted by atomic mass is 32.2. The summed E-state index contributed by atoms with van der Waals surface area (Å²) in [6, 6.07) is 18.9. The van der Waals surface area contributed by atoms with Crippen molar-refractivity contribution in [2.75, 3.05) is 19.7 Å². The minimum Gasteiger partial charge on any atom is -0.494 e. The maximum absolute atomic E-state index is 13.6. The number of sulfonamides is 1. The van der Waals surface area contributed by atoms with Crippen LogP contribution in [0.1, 0.15) is 35.5 Å². The molecule has 0 unspecified atom stereocenters. The first-order chi connectivity index (χ1) is 18.8. The third-order valence-corrected chi connectivity index (χ3v) is 9.16. The number of carbonyl (C=O) groups is 2. The molecule has 204 valence electrons. The Balaban J connectivity index is 1.28. The number of nitrogens with zero attached hydrogens (tertiary/aromatic N) is 3. The summed E-state index contributed by atoms with van der Waals surface area (Å²) in [5.74, 6) is 1.16. The molecule has 5 rings (SSSR count). The Labute approximate surface area is 228 Å². The second-order valence-corrected chi connectivity index (χ2v) is 11.9. The van der Waals surface area contributed by atoms with Crippen molar-refractivity contribution in [3.63, 3.8) is 0 Å². The third-order valence-electron chi connectivity index (χ3n) is 7.35. The van der Waals surface area contributed by atoms with Crippen LogP contribution in [0.5, 0.6) is 5.75 Å². The number of carbonyl (C=O) groups excluding carboxylic acids is 2. The zero-order valence-corrected chi connectivity index (χ0v) is 22.8. The maximum atomic E-state index is 13.6. The van der Waals surface area contributed by atoms with Gasteiger partial charge in [0, 0.05) is 56.2 Å². The second kappa shape index (κ2) is 11.2. The average Bonchev–Trinajstić information content (AvgIpc) is 3.35. The Hall–Kier alpha value is -3.76. The normalized spacial score (nSPS) is 20.0. The van der Waals surface area contributed by atoms with Crippen molar-refractivity contribution in [2.24, 2.45) is 11.8 Å². The highest BCUT2D eigenvalue weighted by Crippen LogP contribution is 2.45. The van der Waals surface area contributed by atoms with E-state index in [4.69, 9.17) is 4.74 Å². The molecule has 10 heteroatoms. The molecule has 1 aromatic heterocycles. The topological polar surface area (TPSA) is 109 Å². The molecule has 0 bridgehead atoms. The minimum atomic E-state index is -3.85. The Morgan fingerprint density at radius 1 is 1.00 bits per heavy atom. The number of hydrogen-bond acceptors (Lipinski definition) is 6. The molecule has 1 aliphatic heterocycles. The molecule has 39 heavy (non-hydrogen) atoms. The molecule has 2 heterocycles. The van der Waals surface area contributed by atoms with Crippen LogP contribution in [-0.4, -0.2) is 60.2 Å². The van der Waals surface area contributed by atoms with Gasteiger partial charge in [-0.2, -0.15) is 4.31 Å². The van der Waals surface area contributed by atoms with Crippen molar-refractivity contribution in [1.29, 1.82) is 0 Å². The van der Waals surface area contributed by atoms with Crippen LogP contribution in [-0.2, 0) is 27.9 Å². The fraction of sp³-hybridized carbons (Fsp3) is 0.345. The van der Waals surface area contributed by atoms with Crippen LogP contribution >= 0.6 is 0 Å². The van der Waals surface area contributed by atoms with Gasteiger partial charge >= 0.3 is 0 Å². The van der Waals surface area contributed by atoms with E-state index in [1.54, 1.807) is 73.8 Å². The Morgan fingerprint density at radius 2 is 1.69 bits per heavy atom. The van der Waals surface area contributed by atoms with Crippen LogP contribution in [0, 0.1) is 11.8 Å². The molecule has 3 aromatic rings. The number of pyridine rings is 1. The molecule has 1 aliphatic carbocycles. The molecular formula is C29H32N4O5S. The summed E-state index contributed by atoms with van der Waals surface area (Å²) in [5.41, 5.74) is 1.89. The van der Waals surface area contributed by atoms with Gasteiger partial charge in [0.05, 0.1) is 23.7 Å². The maximum Gasteiger partial charge on any atom is 0.251 e. The predicted octanol–water partition coefficient (Wildman–Crippen LogP) is 3.08. The van der Waals surface area contributed by atoms with E-state index in [1.165, 1.54) is 4.31 Å². The number of likely N-dealkylation sites (tertiary alicyclic amines) is 1. The second-order valence-electron chi connectivity index (χ2n) is 9.95. The van der Waals surface area contributed by atoms with Crippen molar-refractivity contribution in [2.45, 2.75) is 37.9 Å². The summed E-state index contributed by atoms with van der Waals surface area (Å²) < 4.78 is 34.1. The molecule has 2 aliphatic rings. The molecular weight excluding hydrogens is 516 g/mol. The van der Waals surface area contributed by atoms with E-state index < -0.39 is 10.0 Å². The quantitative estimate of drug-likeness (QED) is 0.417. The van der Waals surface area contributed by atoms with Gasteiger partial charge < -0.3 is 15.0 Å². The largest absolute Gasteiger partial charge is 0.494 e. The molecule has 0 radical (unpaired) electrons. The van der Waals surface area contributed by atoms with Crippen LogP contribution < -0.4 is 10.1 Å². The average molecular weight is 549 g/mol. The van der Waals surface area contributed by atoms with Crippen molar-refractivity contribution in [1.82, 2.24) is 19.5 Å². The van der Waals surface area contributed by atoms with Crippen molar-refractivity contribution in [3.05, 3.63) is 89.7 Å². The first-order valence-electron chi connectivity index (χ1n) is 13.0. The van der Waals surface area contributed by atoms with E-state index in [1.807, 2.05) is 17.9 Å². The van der Waals surface area contributed by atoms with Crippen molar-refractivity contribution < 1.29 is 22.7 Å². The fourth-order valence-corrected chi connectivity index (χ4v) is 6.52. The van der Waals surface area contributed by atoms with Crippen LogP contribution in [0.3, 0.4) is 0 Å².